The zero-order chi connectivity index (χ0) is 25.7. The molecule has 2 atom stereocenters. The van der Waals surface area contributed by atoms with E-state index < -0.39 is 39.3 Å². The van der Waals surface area contributed by atoms with E-state index in [1.54, 1.807) is 36.7 Å². The predicted molar refractivity (Wildman–Crippen MR) is 138 cm³/mol. The summed E-state index contributed by atoms with van der Waals surface area (Å²) in [5, 5.41) is 19.7. The molecule has 11 heteroatoms. The quantitative estimate of drug-likeness (QED) is 0.299. The summed E-state index contributed by atoms with van der Waals surface area (Å²) >= 11 is 7.62. The summed E-state index contributed by atoms with van der Waals surface area (Å²) in [7, 11) is -3.69. The molecule has 3 heterocycles. The van der Waals surface area contributed by atoms with Crippen molar-refractivity contribution in [1.82, 2.24) is 14.7 Å². The van der Waals surface area contributed by atoms with E-state index in [1.807, 2.05) is 0 Å². The largest absolute Gasteiger partial charge is 0.393 e. The molecule has 1 fully saturated rings. The normalized spacial score (nSPS) is 16.7. The molecule has 7 nitrogen and oxygen atoms in total. The van der Waals surface area contributed by atoms with Gasteiger partial charge < -0.3 is 10.2 Å². The standard InChI is InChI=1S/C25H23ClFN3O4S2/c1-25(32,13-31)14-7-9-28-19(11-14)16-8-10-29-20-12-21(35-24(16)20)23(30-36(33,34)15-5-6-15)22-17(26)3-2-4-18(22)27/h2-4,7-12,15,23,30-32H,5-6,13H2,1H3. The van der Waals surface area contributed by atoms with Crippen LogP contribution in [0.5, 0.6) is 0 Å². The number of hydrogen-bond acceptors (Lipinski definition) is 7. The van der Waals surface area contributed by atoms with Crippen molar-refractivity contribution in [2.24, 2.45) is 0 Å². The lowest BCUT2D eigenvalue weighted by Crippen LogP contribution is -2.32. The van der Waals surface area contributed by atoms with Crippen molar-refractivity contribution >= 4 is 43.2 Å². The lowest BCUT2D eigenvalue weighted by atomic mass is 9.96. The second kappa shape index (κ2) is 9.44. The molecule has 0 bridgehead atoms. The Morgan fingerprint density at radius 1 is 1.22 bits per heavy atom. The Kier molecular flexibility index (Phi) is 6.61. The van der Waals surface area contributed by atoms with Crippen LogP contribution in [0.4, 0.5) is 4.39 Å². The fourth-order valence-electron chi connectivity index (χ4n) is 3.99. The number of aliphatic hydroxyl groups excluding tert-OH is 1. The molecule has 0 aliphatic heterocycles. The molecule has 1 aliphatic rings. The van der Waals surface area contributed by atoms with Crippen molar-refractivity contribution in [3.05, 3.63) is 81.7 Å². The van der Waals surface area contributed by atoms with Gasteiger partial charge >= 0.3 is 0 Å². The van der Waals surface area contributed by atoms with E-state index in [9.17, 15) is 23.0 Å². The minimum Gasteiger partial charge on any atom is -0.393 e. The lowest BCUT2D eigenvalue weighted by Gasteiger charge is -2.21. The summed E-state index contributed by atoms with van der Waals surface area (Å²) in [6, 6.07) is 10.0. The molecule has 3 N–H and O–H groups in total. The summed E-state index contributed by atoms with van der Waals surface area (Å²) in [5.41, 5.74) is 0.923. The average molecular weight is 548 g/mol. The second-order valence-electron chi connectivity index (χ2n) is 9.01. The Labute approximate surface area is 216 Å². The molecule has 0 spiro atoms. The number of benzene rings is 1. The summed E-state index contributed by atoms with van der Waals surface area (Å²) < 4.78 is 44.2. The number of thiophene rings is 1. The van der Waals surface area contributed by atoms with Gasteiger partial charge in [-0.25, -0.2) is 17.5 Å². The van der Waals surface area contributed by atoms with E-state index in [2.05, 4.69) is 14.7 Å². The van der Waals surface area contributed by atoms with Crippen LogP contribution in [0.1, 0.15) is 41.8 Å². The van der Waals surface area contributed by atoms with Crippen molar-refractivity contribution in [2.75, 3.05) is 6.61 Å². The Morgan fingerprint density at radius 3 is 2.67 bits per heavy atom. The smallest absolute Gasteiger partial charge is 0.215 e. The lowest BCUT2D eigenvalue weighted by molar-refractivity contribution is -0.00230. The van der Waals surface area contributed by atoms with E-state index >= 15 is 0 Å². The zero-order valence-corrected chi connectivity index (χ0v) is 21.5. The van der Waals surface area contributed by atoms with Crippen LogP contribution < -0.4 is 4.72 Å². The van der Waals surface area contributed by atoms with E-state index in [-0.39, 0.29) is 10.6 Å². The maximum atomic E-state index is 15.0. The molecule has 0 radical (unpaired) electrons. The number of aliphatic hydroxyl groups is 2. The highest BCUT2D eigenvalue weighted by Crippen LogP contribution is 2.41. The predicted octanol–water partition coefficient (Wildman–Crippen LogP) is 4.52. The SMILES string of the molecule is CC(O)(CO)c1ccnc(-c2ccnc3cc(C(NS(=O)(=O)C4CC4)c4c(F)cccc4Cl)sc23)c1. The van der Waals surface area contributed by atoms with Crippen molar-refractivity contribution < 1.29 is 23.0 Å². The molecular weight excluding hydrogens is 525 g/mol. The van der Waals surface area contributed by atoms with Gasteiger partial charge in [-0.2, -0.15) is 0 Å². The Bertz CT molecular complexity index is 1530. The number of pyridine rings is 2. The van der Waals surface area contributed by atoms with E-state index in [0.717, 1.165) is 0 Å². The van der Waals surface area contributed by atoms with Crippen LogP contribution in [-0.4, -0.2) is 40.5 Å². The third-order valence-electron chi connectivity index (χ3n) is 6.21. The Balaban J connectivity index is 1.65. The summed E-state index contributed by atoms with van der Waals surface area (Å²) in [5.74, 6) is -0.614. The number of fused-ring (bicyclic) bond motifs is 1. The van der Waals surface area contributed by atoms with Gasteiger partial charge in [0.05, 0.1) is 33.8 Å². The van der Waals surface area contributed by atoms with Crippen LogP contribution in [0, 0.1) is 5.82 Å². The van der Waals surface area contributed by atoms with Crippen LogP contribution >= 0.6 is 22.9 Å². The molecule has 4 aromatic rings. The van der Waals surface area contributed by atoms with Crippen molar-refractivity contribution in [3.8, 4) is 11.3 Å². The number of nitrogens with one attached hydrogen (secondary N) is 1. The van der Waals surface area contributed by atoms with Gasteiger partial charge in [-0.05, 0) is 61.7 Å². The fourth-order valence-corrected chi connectivity index (χ4v) is 7.06. The van der Waals surface area contributed by atoms with Gasteiger partial charge in [0.1, 0.15) is 11.4 Å². The van der Waals surface area contributed by atoms with Crippen LogP contribution in [0.3, 0.4) is 0 Å². The first-order valence-electron chi connectivity index (χ1n) is 11.2. The summed E-state index contributed by atoms with van der Waals surface area (Å²) in [6.45, 7) is 1.05. The summed E-state index contributed by atoms with van der Waals surface area (Å²) in [6.07, 6.45) is 4.27. The third-order valence-corrected chi connectivity index (χ3v) is 9.68. The van der Waals surface area contributed by atoms with Crippen molar-refractivity contribution in [2.45, 2.75) is 36.7 Å². The van der Waals surface area contributed by atoms with E-state index in [0.29, 0.717) is 44.8 Å². The minimum absolute atomic E-state index is 0.0515. The van der Waals surface area contributed by atoms with Crippen LogP contribution in [0.25, 0.3) is 21.5 Å². The molecule has 5 rings (SSSR count). The van der Waals surface area contributed by atoms with Gasteiger partial charge in [0.25, 0.3) is 0 Å². The number of rotatable bonds is 8. The van der Waals surface area contributed by atoms with E-state index in [1.165, 1.54) is 36.5 Å². The highest BCUT2D eigenvalue weighted by molar-refractivity contribution is 7.90. The Hall–Kier alpha value is -2.47. The number of sulfonamides is 1. The number of aromatic nitrogens is 2. The highest BCUT2D eigenvalue weighted by Gasteiger charge is 2.39. The maximum Gasteiger partial charge on any atom is 0.215 e. The van der Waals surface area contributed by atoms with Gasteiger partial charge in [-0.3, -0.25) is 9.97 Å². The van der Waals surface area contributed by atoms with E-state index in [4.69, 9.17) is 11.6 Å². The first kappa shape index (κ1) is 25.2. The number of halogens is 2. The summed E-state index contributed by atoms with van der Waals surface area (Å²) in [4.78, 5) is 9.39. The first-order chi connectivity index (χ1) is 17.1. The monoisotopic (exact) mass is 547 g/mol. The topological polar surface area (TPSA) is 112 Å². The fraction of sp³-hybridized carbons (Fsp3) is 0.280. The third kappa shape index (κ3) is 4.77. The number of nitrogens with zero attached hydrogens (tertiary/aromatic N) is 2. The minimum atomic E-state index is -3.69. The van der Waals surface area contributed by atoms with Crippen molar-refractivity contribution in [1.29, 1.82) is 0 Å². The maximum absolute atomic E-state index is 15.0. The molecule has 188 valence electrons. The molecule has 36 heavy (non-hydrogen) atoms. The molecule has 0 amide bonds. The molecule has 2 unspecified atom stereocenters. The molecule has 1 aliphatic carbocycles. The molecule has 3 aromatic heterocycles. The molecule has 0 saturated heterocycles. The molecule has 1 saturated carbocycles. The van der Waals surface area contributed by atoms with Gasteiger partial charge in [0.2, 0.25) is 10.0 Å². The highest BCUT2D eigenvalue weighted by atomic mass is 35.5. The van der Waals surface area contributed by atoms with Crippen LogP contribution in [0.15, 0.2) is 54.9 Å². The van der Waals surface area contributed by atoms with Crippen molar-refractivity contribution in [3.63, 3.8) is 0 Å². The van der Waals surface area contributed by atoms with Gasteiger partial charge in [-0.1, -0.05) is 17.7 Å². The molecule has 1 aromatic carbocycles. The molecular formula is C25H23ClFN3O4S2. The second-order valence-corrected chi connectivity index (χ2v) is 12.5. The van der Waals surface area contributed by atoms with Gasteiger partial charge in [-0.15, -0.1) is 11.3 Å². The van der Waals surface area contributed by atoms with Crippen LogP contribution in [-0.2, 0) is 15.6 Å². The Morgan fingerprint density at radius 2 is 1.97 bits per heavy atom. The van der Waals surface area contributed by atoms with Crippen LogP contribution in [0.2, 0.25) is 5.02 Å². The van der Waals surface area contributed by atoms with Gasteiger partial charge in [0, 0.05) is 33.4 Å². The first-order valence-corrected chi connectivity index (χ1v) is 14.0. The van der Waals surface area contributed by atoms with Gasteiger partial charge in [0.15, 0.2) is 0 Å². The zero-order valence-electron chi connectivity index (χ0n) is 19.1. The average Bonchev–Trinajstić information content (AvgIpc) is 3.63. The number of hydrogen-bond donors (Lipinski definition) is 3.